The summed E-state index contributed by atoms with van der Waals surface area (Å²) in [5.41, 5.74) is 1.92. The van der Waals surface area contributed by atoms with Crippen molar-refractivity contribution in [1.29, 1.82) is 0 Å². The maximum absolute atomic E-state index is 13.9. The largest absolute Gasteiger partial charge is 0.497 e. The quantitative estimate of drug-likeness (QED) is 0.534. The first-order valence-corrected chi connectivity index (χ1v) is 14.1. The molecule has 1 amide bonds. The van der Waals surface area contributed by atoms with Crippen molar-refractivity contribution in [3.8, 4) is 11.5 Å². The third-order valence-corrected chi connectivity index (χ3v) is 9.17. The highest BCUT2D eigenvalue weighted by atomic mass is 32.2. The molecule has 196 valence electrons. The van der Waals surface area contributed by atoms with Gasteiger partial charge < -0.3 is 19.3 Å². The molecule has 0 spiro atoms. The first-order valence-electron chi connectivity index (χ1n) is 12.7. The maximum Gasteiger partial charge on any atom is 0.247 e. The Hall–Kier alpha value is -2.78. The average Bonchev–Trinajstić information content (AvgIpc) is 2.92. The lowest BCUT2D eigenvalue weighted by molar-refractivity contribution is -0.132. The van der Waals surface area contributed by atoms with Crippen LogP contribution in [0.15, 0.2) is 47.4 Å². The fourth-order valence-corrected chi connectivity index (χ4v) is 7.01. The third-order valence-electron chi connectivity index (χ3n) is 7.25. The fourth-order valence-electron chi connectivity index (χ4n) is 5.13. The number of benzene rings is 2. The molecule has 2 aromatic rings. The van der Waals surface area contributed by atoms with Crippen molar-refractivity contribution in [1.82, 2.24) is 9.21 Å². The number of rotatable bonds is 8. The third kappa shape index (κ3) is 5.78. The van der Waals surface area contributed by atoms with Gasteiger partial charge in [0, 0.05) is 37.9 Å². The van der Waals surface area contributed by atoms with Crippen molar-refractivity contribution in [2.45, 2.75) is 50.0 Å². The highest BCUT2D eigenvalue weighted by molar-refractivity contribution is 7.89. The zero-order chi connectivity index (χ0) is 25.7. The zero-order valence-electron chi connectivity index (χ0n) is 21.5. The van der Waals surface area contributed by atoms with E-state index in [0.717, 1.165) is 49.1 Å². The van der Waals surface area contributed by atoms with E-state index in [1.165, 1.54) is 11.4 Å². The number of carbonyl (C=O) groups excluding carboxylic acids is 1. The number of aryl methyl sites for hydroxylation is 1. The molecule has 1 saturated carbocycles. The molecule has 8 nitrogen and oxygen atoms in total. The Kier molecular flexibility index (Phi) is 8.41. The van der Waals surface area contributed by atoms with E-state index < -0.39 is 10.0 Å². The summed E-state index contributed by atoms with van der Waals surface area (Å²) in [5.74, 6) is 0.967. The van der Waals surface area contributed by atoms with Gasteiger partial charge in [-0.05, 0) is 61.7 Å². The Labute approximate surface area is 214 Å². The van der Waals surface area contributed by atoms with Crippen molar-refractivity contribution in [2.24, 2.45) is 0 Å². The van der Waals surface area contributed by atoms with E-state index in [2.05, 4.69) is 4.90 Å². The van der Waals surface area contributed by atoms with E-state index in [4.69, 9.17) is 9.47 Å². The molecule has 2 fully saturated rings. The summed E-state index contributed by atoms with van der Waals surface area (Å²) in [6.07, 6.45) is 4.57. The maximum atomic E-state index is 13.9. The fraction of sp³-hybridized carbons (Fsp3) is 0.519. The lowest BCUT2D eigenvalue weighted by atomic mass is 9.95. The average molecular weight is 516 g/mol. The minimum Gasteiger partial charge on any atom is -0.497 e. The van der Waals surface area contributed by atoms with E-state index in [1.807, 2.05) is 37.3 Å². The van der Waals surface area contributed by atoms with E-state index in [-0.39, 0.29) is 23.4 Å². The summed E-state index contributed by atoms with van der Waals surface area (Å²) in [5, 5.41) is 0. The molecule has 0 atom stereocenters. The minimum absolute atomic E-state index is 0.132. The van der Waals surface area contributed by atoms with Gasteiger partial charge in [-0.1, -0.05) is 25.3 Å². The van der Waals surface area contributed by atoms with Gasteiger partial charge in [0.2, 0.25) is 15.9 Å². The van der Waals surface area contributed by atoms with Gasteiger partial charge in [-0.3, -0.25) is 4.79 Å². The lowest BCUT2D eigenvalue weighted by Gasteiger charge is -2.38. The van der Waals surface area contributed by atoms with Crippen LogP contribution in [0.5, 0.6) is 11.5 Å². The van der Waals surface area contributed by atoms with Crippen LogP contribution in [0.3, 0.4) is 0 Å². The number of anilines is 1. The molecular weight excluding hydrogens is 478 g/mol. The Morgan fingerprint density at radius 3 is 2.22 bits per heavy atom. The van der Waals surface area contributed by atoms with E-state index in [9.17, 15) is 13.2 Å². The van der Waals surface area contributed by atoms with Crippen LogP contribution < -0.4 is 14.4 Å². The summed E-state index contributed by atoms with van der Waals surface area (Å²) in [4.78, 5) is 17.6. The van der Waals surface area contributed by atoms with Gasteiger partial charge in [0.15, 0.2) is 0 Å². The smallest absolute Gasteiger partial charge is 0.247 e. The van der Waals surface area contributed by atoms with Crippen LogP contribution in [0.25, 0.3) is 0 Å². The van der Waals surface area contributed by atoms with Crippen LogP contribution in [0.1, 0.15) is 37.7 Å². The van der Waals surface area contributed by atoms with Gasteiger partial charge in [0.05, 0.1) is 20.8 Å². The number of hydrogen-bond acceptors (Lipinski definition) is 6. The SMILES string of the molecule is COc1ccc(N2CCN(C(=O)CN(C3CCCCC3)S(=O)(=O)c3cc(C)ccc3OC)CC2)cc1. The molecule has 1 saturated heterocycles. The topological polar surface area (TPSA) is 79.4 Å². The van der Waals surface area contributed by atoms with Crippen molar-refractivity contribution in [3.63, 3.8) is 0 Å². The number of carbonyl (C=O) groups is 1. The number of hydrogen-bond donors (Lipinski definition) is 0. The normalized spacial score (nSPS) is 17.3. The number of ether oxygens (including phenoxy) is 2. The Morgan fingerprint density at radius 2 is 1.61 bits per heavy atom. The number of sulfonamides is 1. The van der Waals surface area contributed by atoms with Gasteiger partial charge in [-0.15, -0.1) is 0 Å². The monoisotopic (exact) mass is 515 g/mol. The van der Waals surface area contributed by atoms with Gasteiger partial charge >= 0.3 is 0 Å². The Morgan fingerprint density at radius 1 is 0.944 bits per heavy atom. The molecular formula is C27H37N3O5S. The van der Waals surface area contributed by atoms with Crippen LogP contribution in [0, 0.1) is 6.92 Å². The molecule has 36 heavy (non-hydrogen) atoms. The Balaban J connectivity index is 1.50. The van der Waals surface area contributed by atoms with Crippen molar-refractivity contribution >= 4 is 21.6 Å². The predicted molar refractivity (Wildman–Crippen MR) is 140 cm³/mol. The molecule has 0 aromatic heterocycles. The van der Waals surface area contributed by atoms with Gasteiger partial charge in [-0.25, -0.2) is 8.42 Å². The second-order valence-electron chi connectivity index (χ2n) is 9.56. The summed E-state index contributed by atoms with van der Waals surface area (Å²) < 4.78 is 39.9. The van der Waals surface area contributed by atoms with Crippen LogP contribution in [-0.2, 0) is 14.8 Å². The minimum atomic E-state index is -3.92. The summed E-state index contributed by atoms with van der Waals surface area (Å²) in [6, 6.07) is 12.9. The predicted octanol–water partition coefficient (Wildman–Crippen LogP) is 3.68. The van der Waals surface area contributed by atoms with E-state index >= 15 is 0 Å². The van der Waals surface area contributed by atoms with E-state index in [1.54, 1.807) is 24.1 Å². The number of piperazine rings is 1. The highest BCUT2D eigenvalue weighted by Crippen LogP contribution is 2.33. The number of nitrogens with zero attached hydrogens (tertiary/aromatic N) is 3. The van der Waals surface area contributed by atoms with Gasteiger partial charge in [-0.2, -0.15) is 4.31 Å². The molecule has 2 aliphatic rings. The second-order valence-corrected chi connectivity index (χ2v) is 11.4. The molecule has 1 aliphatic carbocycles. The zero-order valence-corrected chi connectivity index (χ0v) is 22.3. The van der Waals surface area contributed by atoms with Crippen LogP contribution >= 0.6 is 0 Å². The van der Waals surface area contributed by atoms with E-state index in [0.29, 0.717) is 31.9 Å². The van der Waals surface area contributed by atoms with Crippen LogP contribution in [0.2, 0.25) is 0 Å². The molecule has 2 aromatic carbocycles. The molecule has 0 radical (unpaired) electrons. The summed E-state index contributed by atoms with van der Waals surface area (Å²) in [7, 11) is -0.803. The van der Waals surface area contributed by atoms with Gasteiger partial charge in [0.25, 0.3) is 0 Å². The summed E-state index contributed by atoms with van der Waals surface area (Å²) >= 11 is 0. The second kappa shape index (κ2) is 11.5. The summed E-state index contributed by atoms with van der Waals surface area (Å²) in [6.45, 7) is 4.21. The molecule has 9 heteroatoms. The number of methoxy groups -OCH3 is 2. The Bertz CT molecular complexity index is 1140. The van der Waals surface area contributed by atoms with Gasteiger partial charge in [0.1, 0.15) is 16.4 Å². The van der Waals surface area contributed by atoms with Crippen LogP contribution in [0.4, 0.5) is 5.69 Å². The molecule has 4 rings (SSSR count). The van der Waals surface area contributed by atoms with Crippen LogP contribution in [-0.4, -0.2) is 76.5 Å². The molecule has 1 heterocycles. The molecule has 0 unspecified atom stereocenters. The molecule has 0 bridgehead atoms. The first-order chi connectivity index (χ1) is 17.3. The standard InChI is InChI=1S/C27H37N3O5S/c1-21-9-14-25(35-3)26(19-21)36(32,33)30(23-7-5-4-6-8-23)20-27(31)29-17-15-28(16-18-29)22-10-12-24(34-2)13-11-22/h9-14,19,23H,4-8,15-18,20H2,1-3H3. The first kappa shape index (κ1) is 26.3. The van der Waals surface area contributed by atoms with Crippen molar-refractivity contribution in [2.75, 3.05) is 51.8 Å². The molecule has 0 N–H and O–H groups in total. The lowest BCUT2D eigenvalue weighted by Crippen LogP contribution is -2.53. The number of amides is 1. The molecule has 1 aliphatic heterocycles. The van der Waals surface area contributed by atoms with Crippen molar-refractivity contribution in [3.05, 3.63) is 48.0 Å². The highest BCUT2D eigenvalue weighted by Gasteiger charge is 2.37. The van der Waals surface area contributed by atoms with Crippen molar-refractivity contribution < 1.29 is 22.7 Å².